The van der Waals surface area contributed by atoms with E-state index in [1.807, 2.05) is 17.2 Å². The Balaban J connectivity index is 1.56. The molecule has 0 spiro atoms. The van der Waals surface area contributed by atoms with E-state index in [-0.39, 0.29) is 11.9 Å². The summed E-state index contributed by atoms with van der Waals surface area (Å²) in [4.78, 5) is 18.6. The van der Waals surface area contributed by atoms with Crippen molar-refractivity contribution >= 4 is 29.0 Å². The number of rotatable bonds is 5. The highest BCUT2D eigenvalue weighted by molar-refractivity contribution is 7.99. The summed E-state index contributed by atoms with van der Waals surface area (Å²) in [5.74, 6) is 0.918. The van der Waals surface area contributed by atoms with Crippen LogP contribution in [0.2, 0.25) is 0 Å². The van der Waals surface area contributed by atoms with Crippen LogP contribution < -0.4 is 5.32 Å². The number of thioether (sulfide) groups is 1. The van der Waals surface area contributed by atoms with Gasteiger partial charge in [-0.15, -0.1) is 11.3 Å². The molecule has 3 heterocycles. The molecule has 1 aromatic heterocycles. The fourth-order valence-corrected chi connectivity index (χ4v) is 4.97. The van der Waals surface area contributed by atoms with Crippen LogP contribution in [0.4, 0.5) is 4.39 Å². The molecule has 0 aliphatic carbocycles. The zero-order chi connectivity index (χ0) is 16.4. The van der Waals surface area contributed by atoms with E-state index < -0.39 is 11.8 Å². The van der Waals surface area contributed by atoms with Crippen molar-refractivity contribution in [3.05, 3.63) is 16.1 Å². The number of hydrogen-bond donors (Lipinski definition) is 2. The molecule has 2 aliphatic heterocycles. The van der Waals surface area contributed by atoms with Crippen LogP contribution in [0.5, 0.6) is 0 Å². The lowest BCUT2D eigenvalue weighted by atomic mass is 10.0. The van der Waals surface area contributed by atoms with Gasteiger partial charge in [0.1, 0.15) is 6.17 Å². The van der Waals surface area contributed by atoms with E-state index in [1.165, 1.54) is 0 Å². The summed E-state index contributed by atoms with van der Waals surface area (Å²) < 4.78 is 13.8. The van der Waals surface area contributed by atoms with Crippen LogP contribution in [-0.2, 0) is 11.3 Å². The minimum atomic E-state index is -1.25. The first kappa shape index (κ1) is 17.1. The van der Waals surface area contributed by atoms with Crippen LogP contribution in [0.15, 0.2) is 5.38 Å². The van der Waals surface area contributed by atoms with E-state index in [0.29, 0.717) is 38.2 Å². The van der Waals surface area contributed by atoms with E-state index in [4.69, 9.17) is 0 Å². The first-order chi connectivity index (χ1) is 11.0. The Morgan fingerprint density at radius 1 is 1.65 bits per heavy atom. The quantitative estimate of drug-likeness (QED) is 0.831. The number of amides is 1. The van der Waals surface area contributed by atoms with Gasteiger partial charge in [0.25, 0.3) is 5.91 Å². The second-order valence-electron chi connectivity index (χ2n) is 6.32. The number of carbonyl (C=O) groups is 1. The number of carbonyl (C=O) groups excluding carboxylic acids is 1. The SMILES string of the molecule is Cc1nc(CN2C[C@@H](F)C[C@H]2CNC(=O)[C@@]2(O)CCSC2)cs1. The molecule has 0 saturated carbocycles. The number of halogens is 1. The molecule has 128 valence electrons. The van der Waals surface area contributed by atoms with Crippen LogP contribution in [0.3, 0.4) is 0 Å². The van der Waals surface area contributed by atoms with Gasteiger partial charge in [0.15, 0.2) is 5.60 Å². The highest BCUT2D eigenvalue weighted by atomic mass is 32.2. The van der Waals surface area contributed by atoms with Gasteiger partial charge in [0.05, 0.1) is 10.7 Å². The second kappa shape index (κ2) is 7.04. The van der Waals surface area contributed by atoms with Crippen molar-refractivity contribution in [1.82, 2.24) is 15.2 Å². The van der Waals surface area contributed by atoms with Crippen molar-refractivity contribution in [2.75, 3.05) is 24.6 Å². The Morgan fingerprint density at radius 2 is 2.48 bits per heavy atom. The maximum Gasteiger partial charge on any atom is 0.252 e. The third-order valence-corrected chi connectivity index (χ3v) is 6.43. The Labute approximate surface area is 143 Å². The number of thiazole rings is 1. The summed E-state index contributed by atoms with van der Waals surface area (Å²) in [5, 5.41) is 16.1. The summed E-state index contributed by atoms with van der Waals surface area (Å²) in [6.07, 6.45) is 0.0277. The molecule has 2 saturated heterocycles. The van der Waals surface area contributed by atoms with Gasteiger partial charge >= 0.3 is 0 Å². The number of aliphatic hydroxyl groups is 1. The van der Waals surface area contributed by atoms with Crippen molar-refractivity contribution in [3.63, 3.8) is 0 Å². The predicted octanol–water partition coefficient (Wildman–Crippen LogP) is 1.35. The summed E-state index contributed by atoms with van der Waals surface area (Å²) in [5.41, 5.74) is -0.307. The van der Waals surface area contributed by atoms with Crippen LogP contribution in [0.1, 0.15) is 23.5 Å². The number of nitrogens with zero attached hydrogens (tertiary/aromatic N) is 2. The van der Waals surface area contributed by atoms with Crippen molar-refractivity contribution < 1.29 is 14.3 Å². The highest BCUT2D eigenvalue weighted by Gasteiger charge is 2.40. The topological polar surface area (TPSA) is 65.5 Å². The Bertz CT molecular complexity index is 563. The van der Waals surface area contributed by atoms with Gasteiger partial charge in [-0.3, -0.25) is 9.69 Å². The molecule has 2 fully saturated rings. The molecule has 23 heavy (non-hydrogen) atoms. The average molecular weight is 359 g/mol. The van der Waals surface area contributed by atoms with Crippen LogP contribution in [0, 0.1) is 6.92 Å². The Hall–Kier alpha value is -0.700. The molecule has 0 aromatic carbocycles. The summed E-state index contributed by atoms with van der Waals surface area (Å²) in [7, 11) is 0. The van der Waals surface area contributed by atoms with E-state index in [1.54, 1.807) is 23.1 Å². The normalized spacial score (nSPS) is 31.6. The Kier molecular flexibility index (Phi) is 5.25. The van der Waals surface area contributed by atoms with E-state index in [2.05, 4.69) is 10.3 Å². The number of aromatic nitrogens is 1. The lowest BCUT2D eigenvalue weighted by molar-refractivity contribution is -0.137. The van der Waals surface area contributed by atoms with Crippen LogP contribution >= 0.6 is 23.1 Å². The fourth-order valence-electron chi connectivity index (χ4n) is 3.13. The Morgan fingerprint density at radius 3 is 3.13 bits per heavy atom. The number of aryl methyl sites for hydroxylation is 1. The average Bonchev–Trinajstić information content (AvgIpc) is 3.19. The molecule has 0 radical (unpaired) electrons. The summed E-state index contributed by atoms with van der Waals surface area (Å²) in [6, 6.07) is -0.0476. The maximum atomic E-state index is 13.8. The molecule has 1 amide bonds. The van der Waals surface area contributed by atoms with Gasteiger partial charge in [0, 0.05) is 36.8 Å². The molecule has 8 heteroatoms. The summed E-state index contributed by atoms with van der Waals surface area (Å²) >= 11 is 3.17. The molecule has 1 aromatic rings. The van der Waals surface area contributed by atoms with E-state index in [9.17, 15) is 14.3 Å². The van der Waals surface area contributed by atoms with E-state index in [0.717, 1.165) is 16.5 Å². The van der Waals surface area contributed by atoms with E-state index >= 15 is 0 Å². The lowest BCUT2D eigenvalue weighted by Crippen LogP contribution is -2.50. The second-order valence-corrected chi connectivity index (χ2v) is 8.49. The largest absolute Gasteiger partial charge is 0.379 e. The molecule has 3 rings (SSSR count). The molecule has 3 atom stereocenters. The van der Waals surface area contributed by atoms with Gasteiger partial charge in [-0.25, -0.2) is 9.37 Å². The number of likely N-dealkylation sites (tertiary alicyclic amines) is 1. The molecule has 2 aliphatic rings. The van der Waals surface area contributed by atoms with Crippen molar-refractivity contribution in [2.45, 2.75) is 44.1 Å². The van der Waals surface area contributed by atoms with Crippen molar-refractivity contribution in [3.8, 4) is 0 Å². The minimum Gasteiger partial charge on any atom is -0.379 e. The summed E-state index contributed by atoms with van der Waals surface area (Å²) in [6.45, 7) is 3.30. The molecule has 5 nitrogen and oxygen atoms in total. The highest BCUT2D eigenvalue weighted by Crippen LogP contribution is 2.28. The molecule has 0 unspecified atom stereocenters. The van der Waals surface area contributed by atoms with Gasteiger partial charge in [-0.05, 0) is 25.5 Å². The number of nitrogens with one attached hydrogen (secondary N) is 1. The zero-order valence-electron chi connectivity index (χ0n) is 13.1. The van der Waals surface area contributed by atoms with Gasteiger partial charge in [-0.2, -0.15) is 11.8 Å². The van der Waals surface area contributed by atoms with Crippen molar-refractivity contribution in [2.24, 2.45) is 0 Å². The molecular weight excluding hydrogens is 337 g/mol. The fraction of sp³-hybridized carbons (Fsp3) is 0.733. The third-order valence-electron chi connectivity index (χ3n) is 4.43. The smallest absolute Gasteiger partial charge is 0.252 e. The third kappa shape index (κ3) is 4.04. The van der Waals surface area contributed by atoms with Gasteiger partial charge in [-0.1, -0.05) is 0 Å². The standard InChI is InChI=1S/C15H22FN3O2S2/c1-10-18-12(8-23-10)7-19-6-11(16)4-13(19)5-17-14(20)15(21)2-3-22-9-15/h8,11,13,21H,2-7,9H2,1H3,(H,17,20)/t11-,13-,15+/m0/s1. The van der Waals surface area contributed by atoms with Gasteiger partial charge in [0.2, 0.25) is 0 Å². The van der Waals surface area contributed by atoms with Crippen LogP contribution in [0.25, 0.3) is 0 Å². The lowest BCUT2D eigenvalue weighted by Gasteiger charge is -2.26. The minimum absolute atomic E-state index is 0.0476. The number of alkyl halides is 1. The van der Waals surface area contributed by atoms with Gasteiger partial charge < -0.3 is 10.4 Å². The predicted molar refractivity (Wildman–Crippen MR) is 90.5 cm³/mol. The first-order valence-corrected chi connectivity index (χ1v) is 9.87. The molecule has 2 N–H and O–H groups in total. The number of hydrogen-bond acceptors (Lipinski definition) is 6. The van der Waals surface area contributed by atoms with Crippen LogP contribution in [-0.4, -0.2) is 63.3 Å². The first-order valence-electron chi connectivity index (χ1n) is 7.84. The zero-order valence-corrected chi connectivity index (χ0v) is 14.8. The maximum absolute atomic E-state index is 13.8. The van der Waals surface area contributed by atoms with Crippen molar-refractivity contribution in [1.29, 1.82) is 0 Å². The monoisotopic (exact) mass is 359 g/mol. The molecule has 0 bridgehead atoms. The molecular formula is C15H22FN3O2S2.